The number of benzene rings is 6. The summed E-state index contributed by atoms with van der Waals surface area (Å²) in [7, 11) is -6.00. The number of nitrogens with one attached hydrogen (secondary N) is 4. The summed E-state index contributed by atoms with van der Waals surface area (Å²) in [5.41, 5.74) is 14.0. The summed E-state index contributed by atoms with van der Waals surface area (Å²) in [5, 5.41) is 9.44. The van der Waals surface area contributed by atoms with Crippen LogP contribution in [-0.2, 0) is 150 Å². The van der Waals surface area contributed by atoms with Crippen LogP contribution in [0.15, 0.2) is 124 Å². The number of fused-ring (bicyclic) bond motifs is 3. The van der Waals surface area contributed by atoms with Crippen molar-refractivity contribution in [3.8, 4) is 0 Å². The molecule has 0 radical (unpaired) electrons. The van der Waals surface area contributed by atoms with Crippen molar-refractivity contribution in [2.24, 2.45) is 5.73 Å². The molecule has 47 heteroatoms. The van der Waals surface area contributed by atoms with Crippen molar-refractivity contribution in [1.82, 2.24) is 44.9 Å². The first-order chi connectivity index (χ1) is 66.1. The second kappa shape index (κ2) is 61.3. The number of imide groups is 2. The molecule has 2 fully saturated rings. The molecule has 0 spiro atoms. The quantitative estimate of drug-likeness (QED) is 0.0177. The molecule has 764 valence electrons. The standard InChI is InChI=1S/C52H68Cl4N6O13S2.C25H34Cl2N2O5S.C12H12N2O9.CH3F.CH4/c1-61-31-45(43-27-39(53)29-49(55)47(43)33-61)37-5-3-7-41(25-37)76(65,66)59-11-15-71-19-23-73-21-17-69-13-9-57-51(63)35-75-36-52(64)58-10-14-70-18-22-74-24-20-72-16-12-60-77(67,68)42-8-4-6-38(26-42)46-32-62(2)34-48-44(46)28-40(54)30-50(48)56;1-29-17-23(22-15-20(26)16-25(27)24(22)18-29)19-4-2-5-21(14-19)35(30,31)13-3-7-32-9-11-34-12-10-33-8-6-28;15-7-1-2-8(16)13(7)22-11(19)5-21-6-12(20)23-14-9(17)3-4-10(14)18;1-2;/h3-8,25-30,45-46,59-60H,9-24,31-36H2,1-2H3,(H,57,63)(H,58,64);2,4-5,14-16,23H,3,6-13,17-18,28H2,1H3;1-6H2;1H3;1H4/i;;;1D;. The molecule has 3 unspecified atom stereocenters. The number of carbonyl (C=O) groups excluding carboxylic acids is 8. The maximum atomic E-state index is 13.1. The summed E-state index contributed by atoms with van der Waals surface area (Å²) in [6.45, 7) is 9.06. The first kappa shape index (κ1) is 116. The van der Waals surface area contributed by atoms with Gasteiger partial charge in [-0.1, -0.05) is 113 Å². The van der Waals surface area contributed by atoms with E-state index in [9.17, 15) is 68.0 Å². The van der Waals surface area contributed by atoms with Gasteiger partial charge in [0.25, 0.3) is 23.6 Å². The zero-order valence-electron chi connectivity index (χ0n) is 77.1. The Balaban J connectivity index is 0.000000344. The van der Waals surface area contributed by atoms with Gasteiger partial charge in [-0.3, -0.25) is 33.2 Å². The number of hydrogen-bond acceptors (Lipinski definition) is 31. The summed E-state index contributed by atoms with van der Waals surface area (Å²) >= 11 is 38.4. The van der Waals surface area contributed by atoms with Gasteiger partial charge in [0.2, 0.25) is 31.9 Å². The van der Waals surface area contributed by atoms with Crippen LogP contribution in [0.5, 0.6) is 0 Å². The molecule has 37 nitrogen and oxygen atoms in total. The van der Waals surface area contributed by atoms with Crippen LogP contribution in [0.2, 0.25) is 30.1 Å². The lowest BCUT2D eigenvalue weighted by atomic mass is 9.85. The van der Waals surface area contributed by atoms with Gasteiger partial charge in [-0.15, -0.1) is 10.1 Å². The SMILES string of the molecule is C.CN1Cc2c(Cl)cc(Cl)cc2C(c2cccc(S(=O)(=O)CCCOCCOCCOCCN)c2)C1.CN1Cc2c(Cl)cc(Cl)cc2C(c2cccc(S(=O)(=O)NCCOCCOCCOCCNC(=O)COCC(=O)NCCOCCOCCOCCNS(=O)(=O)c3cccc(C4CN(C)Cc5c(Cl)cc(Cl)cc54)c3)c2)C1.O=C(COCC(=O)ON1C(=O)CCC1=O)ON1C(=O)CCC1=O.[2H]CF. The van der Waals surface area contributed by atoms with Crippen molar-refractivity contribution in [3.05, 3.63) is 189 Å². The van der Waals surface area contributed by atoms with E-state index in [0.29, 0.717) is 137 Å². The number of halogens is 7. The van der Waals surface area contributed by atoms with Gasteiger partial charge < -0.3 is 92.8 Å². The van der Waals surface area contributed by atoms with Crippen molar-refractivity contribution in [1.29, 1.82) is 0 Å². The third-order valence-corrected chi connectivity index (χ3v) is 27.3. The number of nitrogens with zero attached hydrogens (tertiary/aromatic N) is 5. The van der Waals surface area contributed by atoms with Crippen LogP contribution in [0.3, 0.4) is 0 Å². The Kier molecular flexibility index (Phi) is 51.4. The van der Waals surface area contributed by atoms with E-state index in [1.807, 2.05) is 57.5 Å². The molecular weight excluding hydrogens is 1990 g/mol. The van der Waals surface area contributed by atoms with Crippen molar-refractivity contribution in [2.45, 2.75) is 91.6 Å². The Morgan fingerprint density at radius 3 is 1.03 bits per heavy atom. The van der Waals surface area contributed by atoms with Crippen LogP contribution in [0.4, 0.5) is 4.39 Å². The molecule has 5 heterocycles. The van der Waals surface area contributed by atoms with E-state index in [0.717, 1.165) is 63.2 Å². The minimum Gasteiger partial charge on any atom is -0.379 e. The molecule has 0 bridgehead atoms. The number of hydrogen-bond donors (Lipinski definition) is 5. The minimum absolute atomic E-state index is 0. The van der Waals surface area contributed by atoms with E-state index in [-0.39, 0.29) is 172 Å². The summed E-state index contributed by atoms with van der Waals surface area (Å²) in [5.74, 6) is -5.69. The summed E-state index contributed by atoms with van der Waals surface area (Å²) < 4.78 is 158. The van der Waals surface area contributed by atoms with Crippen LogP contribution in [0.25, 0.3) is 0 Å². The second-order valence-electron chi connectivity index (χ2n) is 31.4. The van der Waals surface area contributed by atoms with E-state index in [2.05, 4.69) is 49.2 Å². The Morgan fingerprint density at radius 1 is 0.406 bits per heavy atom. The van der Waals surface area contributed by atoms with Crippen molar-refractivity contribution >= 4 is 147 Å². The fraction of sp³-hybridized carbons (Fsp3) is 0.516. The van der Waals surface area contributed by atoms with Crippen LogP contribution in [0.1, 0.15) is 109 Å². The molecule has 6 aromatic rings. The van der Waals surface area contributed by atoms with Gasteiger partial charge in [0.15, 0.2) is 9.84 Å². The lowest BCUT2D eigenvalue weighted by Crippen LogP contribution is -2.35. The highest BCUT2D eigenvalue weighted by atomic mass is 35.5. The van der Waals surface area contributed by atoms with Crippen molar-refractivity contribution in [2.75, 3.05) is 232 Å². The molecule has 5 aliphatic rings. The van der Waals surface area contributed by atoms with Crippen molar-refractivity contribution < 1.29 is 131 Å². The molecule has 3 atom stereocenters. The van der Waals surface area contributed by atoms with E-state index in [1.165, 1.54) is 0 Å². The smallest absolute Gasteiger partial charge is 0.358 e. The fourth-order valence-corrected chi connectivity index (χ4v) is 19.8. The number of nitrogens with two attached hydrogens (primary N) is 1. The summed E-state index contributed by atoms with van der Waals surface area (Å²) in [4.78, 5) is 108. The monoisotopic (exact) mass is 2110 g/mol. The molecule has 0 aliphatic carbocycles. The predicted molar refractivity (Wildman–Crippen MR) is 512 cm³/mol. The zero-order valence-corrected chi connectivity index (χ0v) is 83.1. The maximum Gasteiger partial charge on any atom is 0.358 e. The third kappa shape index (κ3) is 39.2. The van der Waals surface area contributed by atoms with Crippen LogP contribution >= 0.6 is 69.6 Å². The molecule has 5 aliphatic heterocycles. The first-order valence-electron chi connectivity index (χ1n) is 44.4. The highest BCUT2D eigenvalue weighted by molar-refractivity contribution is 7.91. The number of carbonyl (C=O) groups is 8. The third-order valence-electron chi connectivity index (χ3n) is 21.0. The molecule has 6 aromatic carbocycles. The molecule has 11 rings (SSSR count). The summed E-state index contributed by atoms with van der Waals surface area (Å²) in [6.07, 6.45) is 0.231. The maximum absolute atomic E-state index is 13.1. The first-order valence-corrected chi connectivity index (χ1v) is 50.6. The van der Waals surface area contributed by atoms with Gasteiger partial charge in [0.1, 0.15) is 26.4 Å². The number of hydroxylamine groups is 4. The van der Waals surface area contributed by atoms with Gasteiger partial charge in [0, 0.05) is 152 Å². The summed E-state index contributed by atoms with van der Waals surface area (Å²) in [6, 6.07) is 31.9. The van der Waals surface area contributed by atoms with Gasteiger partial charge in [-0.25, -0.2) is 44.3 Å². The lowest BCUT2D eigenvalue weighted by Gasteiger charge is -2.33. The molecule has 138 heavy (non-hydrogen) atoms. The van der Waals surface area contributed by atoms with Gasteiger partial charge in [-0.05, 0) is 150 Å². The predicted octanol–water partition coefficient (Wildman–Crippen LogP) is 8.24. The fourth-order valence-electron chi connectivity index (χ4n) is 14.6. The normalized spacial score (nSPS) is 16.2. The minimum atomic E-state index is -3.79. The average Bonchev–Trinajstić information content (AvgIpc) is 1.37. The van der Waals surface area contributed by atoms with E-state index in [4.69, 9.17) is 124 Å². The van der Waals surface area contributed by atoms with Crippen LogP contribution < -0.4 is 25.8 Å². The molecule has 0 aromatic heterocycles. The number of sulfonamides is 2. The molecule has 6 amide bonds. The molecule has 0 saturated carbocycles. The van der Waals surface area contributed by atoms with Gasteiger partial charge in [0.05, 0.1) is 141 Å². The number of alkyl halides is 1. The largest absolute Gasteiger partial charge is 0.379 e. The topological polar surface area (TPSA) is 449 Å². The number of amides is 6. The molecule has 2 saturated heterocycles. The zero-order chi connectivity index (χ0) is 100. The Morgan fingerprint density at radius 2 is 0.696 bits per heavy atom. The highest BCUT2D eigenvalue weighted by Gasteiger charge is 2.37. The molecule has 6 N–H and O–H groups in total. The van der Waals surface area contributed by atoms with Crippen molar-refractivity contribution in [3.63, 3.8) is 0 Å². The number of rotatable bonds is 54. The Bertz CT molecular complexity index is 5110. The van der Waals surface area contributed by atoms with E-state index in [1.54, 1.807) is 72.8 Å². The van der Waals surface area contributed by atoms with E-state index < -0.39 is 97.6 Å². The van der Waals surface area contributed by atoms with Crippen LogP contribution in [0, 0.1) is 0 Å². The highest BCUT2D eigenvalue weighted by Crippen LogP contribution is 2.43. The van der Waals surface area contributed by atoms with E-state index >= 15 is 0 Å². The number of likely N-dealkylation sites (N-methyl/N-ethyl adjacent to an activating group) is 3. The second-order valence-corrected chi connectivity index (χ2v) is 39.5. The average molecular weight is 2120 g/mol. The van der Waals surface area contributed by atoms with Gasteiger partial charge in [-0.2, -0.15) is 0 Å². The van der Waals surface area contributed by atoms with Crippen LogP contribution in [-0.4, -0.2) is 329 Å². The van der Waals surface area contributed by atoms with Gasteiger partial charge >= 0.3 is 11.9 Å². The number of sulfone groups is 1. The Labute approximate surface area is 835 Å². The Hall–Kier alpha value is -7.68. The number of ether oxygens (including phenoxy) is 11. The molecular formula is C91H121Cl6FN10O27S3. The lowest BCUT2D eigenvalue weighted by molar-refractivity contribution is -0.205.